The Hall–Kier alpha value is -2.95. The Morgan fingerprint density at radius 1 is 0.960 bits per heavy atom. The van der Waals surface area contributed by atoms with Crippen LogP contribution in [0, 0.1) is 20.8 Å². The van der Waals surface area contributed by atoms with Crippen molar-refractivity contribution in [2.24, 2.45) is 0 Å². The smallest absolute Gasteiger partial charge is 0.249 e. The molecule has 5 heteroatoms. The van der Waals surface area contributed by atoms with Crippen molar-refractivity contribution in [3.8, 4) is 0 Å². The lowest BCUT2D eigenvalue weighted by Gasteiger charge is -2.22. The van der Waals surface area contributed by atoms with E-state index >= 15 is 0 Å². The standard InChI is InChI=1S/C20H23N5/c1-5-25(18-8-6-7-14(2)12-18)19-13-21-24-20(23-19)22-17-10-15(3)9-16(4)11-17/h6-13H,5H2,1-4H3,(H,22,23,24). The van der Waals surface area contributed by atoms with Gasteiger partial charge in [-0.1, -0.05) is 18.2 Å². The van der Waals surface area contributed by atoms with Gasteiger partial charge in [-0.05, 0) is 68.7 Å². The first-order chi connectivity index (χ1) is 12.0. The molecule has 0 amide bonds. The maximum Gasteiger partial charge on any atom is 0.249 e. The molecule has 0 bridgehead atoms. The summed E-state index contributed by atoms with van der Waals surface area (Å²) in [5.41, 5.74) is 5.67. The summed E-state index contributed by atoms with van der Waals surface area (Å²) >= 11 is 0. The molecule has 0 aliphatic rings. The van der Waals surface area contributed by atoms with Crippen LogP contribution in [-0.2, 0) is 0 Å². The minimum absolute atomic E-state index is 0.494. The summed E-state index contributed by atoms with van der Waals surface area (Å²) in [6.07, 6.45) is 1.69. The fourth-order valence-electron chi connectivity index (χ4n) is 2.93. The number of rotatable bonds is 5. The van der Waals surface area contributed by atoms with Crippen LogP contribution in [0.5, 0.6) is 0 Å². The lowest BCUT2D eigenvalue weighted by Crippen LogP contribution is -2.18. The Bertz CT molecular complexity index is 855. The summed E-state index contributed by atoms with van der Waals surface area (Å²) in [7, 11) is 0. The van der Waals surface area contributed by atoms with E-state index in [1.54, 1.807) is 6.20 Å². The summed E-state index contributed by atoms with van der Waals surface area (Å²) in [6.45, 7) is 9.13. The van der Waals surface area contributed by atoms with Gasteiger partial charge in [0.1, 0.15) is 0 Å². The molecule has 128 valence electrons. The minimum atomic E-state index is 0.494. The number of aromatic nitrogens is 3. The van der Waals surface area contributed by atoms with E-state index in [4.69, 9.17) is 0 Å². The van der Waals surface area contributed by atoms with Gasteiger partial charge in [0.05, 0.1) is 6.20 Å². The van der Waals surface area contributed by atoms with Gasteiger partial charge in [0.15, 0.2) is 5.82 Å². The third-order valence-corrected chi connectivity index (χ3v) is 3.93. The number of benzene rings is 2. The number of aryl methyl sites for hydroxylation is 3. The van der Waals surface area contributed by atoms with Crippen molar-refractivity contribution in [3.05, 3.63) is 65.4 Å². The van der Waals surface area contributed by atoms with Crippen LogP contribution < -0.4 is 10.2 Å². The van der Waals surface area contributed by atoms with Crippen molar-refractivity contribution in [1.82, 2.24) is 15.2 Å². The molecule has 0 aliphatic carbocycles. The molecule has 1 heterocycles. The Morgan fingerprint density at radius 3 is 2.40 bits per heavy atom. The van der Waals surface area contributed by atoms with Gasteiger partial charge in [0.2, 0.25) is 5.95 Å². The van der Waals surface area contributed by atoms with Crippen LogP contribution in [0.15, 0.2) is 48.7 Å². The molecule has 0 unspecified atom stereocenters. The average molecular weight is 333 g/mol. The van der Waals surface area contributed by atoms with Gasteiger partial charge in [-0.2, -0.15) is 10.1 Å². The monoisotopic (exact) mass is 333 g/mol. The fraction of sp³-hybridized carbons (Fsp3) is 0.250. The van der Waals surface area contributed by atoms with E-state index in [2.05, 4.69) is 95.6 Å². The highest BCUT2D eigenvalue weighted by molar-refractivity contribution is 5.62. The quantitative estimate of drug-likeness (QED) is 0.733. The SMILES string of the molecule is CCN(c1cccc(C)c1)c1cnnc(Nc2cc(C)cc(C)c2)n1. The van der Waals surface area contributed by atoms with E-state index in [0.29, 0.717) is 5.95 Å². The van der Waals surface area contributed by atoms with Gasteiger partial charge in [-0.15, -0.1) is 5.10 Å². The number of hydrogen-bond acceptors (Lipinski definition) is 5. The molecule has 0 spiro atoms. The van der Waals surface area contributed by atoms with Crippen LogP contribution in [0.2, 0.25) is 0 Å². The second-order valence-electron chi connectivity index (χ2n) is 6.22. The van der Waals surface area contributed by atoms with E-state index in [1.165, 1.54) is 16.7 Å². The van der Waals surface area contributed by atoms with E-state index < -0.39 is 0 Å². The third-order valence-electron chi connectivity index (χ3n) is 3.93. The van der Waals surface area contributed by atoms with Crippen LogP contribution >= 0.6 is 0 Å². The molecule has 5 nitrogen and oxygen atoms in total. The molecule has 1 aromatic heterocycles. The van der Waals surface area contributed by atoms with E-state index in [9.17, 15) is 0 Å². The summed E-state index contributed by atoms with van der Waals surface area (Å²) in [5.74, 6) is 1.27. The lowest BCUT2D eigenvalue weighted by molar-refractivity contribution is 0.921. The van der Waals surface area contributed by atoms with E-state index in [1.807, 2.05) is 0 Å². The first-order valence-electron chi connectivity index (χ1n) is 8.44. The van der Waals surface area contributed by atoms with Crippen LogP contribution in [0.25, 0.3) is 0 Å². The predicted octanol–water partition coefficient (Wildman–Crippen LogP) is 4.70. The molecule has 0 saturated heterocycles. The molecule has 0 radical (unpaired) electrons. The Kier molecular flexibility index (Phi) is 4.93. The first kappa shape index (κ1) is 16.9. The number of nitrogens with one attached hydrogen (secondary N) is 1. The molecule has 2 aromatic carbocycles. The second-order valence-corrected chi connectivity index (χ2v) is 6.22. The van der Waals surface area contributed by atoms with Crippen LogP contribution in [0.1, 0.15) is 23.6 Å². The summed E-state index contributed by atoms with van der Waals surface area (Å²) in [6, 6.07) is 14.6. The highest BCUT2D eigenvalue weighted by Gasteiger charge is 2.11. The number of nitrogens with zero attached hydrogens (tertiary/aromatic N) is 4. The summed E-state index contributed by atoms with van der Waals surface area (Å²) in [4.78, 5) is 6.77. The van der Waals surface area contributed by atoms with Crippen LogP contribution in [-0.4, -0.2) is 21.7 Å². The van der Waals surface area contributed by atoms with Crippen molar-refractivity contribution in [3.63, 3.8) is 0 Å². The average Bonchev–Trinajstić information content (AvgIpc) is 2.55. The topological polar surface area (TPSA) is 53.9 Å². The fourth-order valence-corrected chi connectivity index (χ4v) is 2.93. The molecule has 0 atom stereocenters. The Morgan fingerprint density at radius 2 is 1.72 bits per heavy atom. The van der Waals surface area contributed by atoms with Crippen LogP contribution in [0.4, 0.5) is 23.1 Å². The summed E-state index contributed by atoms with van der Waals surface area (Å²) in [5, 5.41) is 11.5. The second kappa shape index (κ2) is 7.30. The van der Waals surface area contributed by atoms with Crippen molar-refractivity contribution in [2.45, 2.75) is 27.7 Å². The zero-order valence-corrected chi connectivity index (χ0v) is 15.1. The van der Waals surface area contributed by atoms with Crippen molar-refractivity contribution >= 4 is 23.1 Å². The third kappa shape index (κ3) is 4.12. The van der Waals surface area contributed by atoms with E-state index in [-0.39, 0.29) is 0 Å². The molecule has 0 fully saturated rings. The zero-order chi connectivity index (χ0) is 17.8. The van der Waals surface area contributed by atoms with Gasteiger partial charge in [0.25, 0.3) is 0 Å². The van der Waals surface area contributed by atoms with Crippen LogP contribution in [0.3, 0.4) is 0 Å². The van der Waals surface area contributed by atoms with Crippen molar-refractivity contribution < 1.29 is 0 Å². The Labute approximate surface area is 148 Å². The largest absolute Gasteiger partial charge is 0.325 e. The van der Waals surface area contributed by atoms with Gasteiger partial charge < -0.3 is 10.2 Å². The van der Waals surface area contributed by atoms with Gasteiger partial charge in [-0.3, -0.25) is 0 Å². The minimum Gasteiger partial charge on any atom is -0.325 e. The Balaban J connectivity index is 1.89. The summed E-state index contributed by atoms with van der Waals surface area (Å²) < 4.78 is 0. The number of hydrogen-bond donors (Lipinski definition) is 1. The predicted molar refractivity (Wildman–Crippen MR) is 103 cm³/mol. The highest BCUT2D eigenvalue weighted by atomic mass is 15.3. The molecule has 0 saturated carbocycles. The van der Waals surface area contributed by atoms with Gasteiger partial charge in [0, 0.05) is 17.9 Å². The van der Waals surface area contributed by atoms with Gasteiger partial charge in [-0.25, -0.2) is 0 Å². The maximum absolute atomic E-state index is 4.65. The molecule has 1 N–H and O–H groups in total. The molecular weight excluding hydrogens is 310 g/mol. The van der Waals surface area contributed by atoms with Gasteiger partial charge >= 0.3 is 0 Å². The first-order valence-corrected chi connectivity index (χ1v) is 8.44. The molecule has 0 aliphatic heterocycles. The maximum atomic E-state index is 4.65. The molecule has 3 rings (SSSR count). The zero-order valence-electron chi connectivity index (χ0n) is 15.1. The molecule has 3 aromatic rings. The van der Waals surface area contributed by atoms with Crippen molar-refractivity contribution in [2.75, 3.05) is 16.8 Å². The lowest BCUT2D eigenvalue weighted by atomic mass is 10.1. The van der Waals surface area contributed by atoms with Crippen molar-refractivity contribution in [1.29, 1.82) is 0 Å². The number of anilines is 4. The normalized spacial score (nSPS) is 10.6. The highest BCUT2D eigenvalue weighted by Crippen LogP contribution is 2.25. The molecule has 25 heavy (non-hydrogen) atoms. The molecular formula is C20H23N5. The van der Waals surface area contributed by atoms with E-state index in [0.717, 1.165) is 23.7 Å².